The van der Waals surface area contributed by atoms with Crippen molar-refractivity contribution < 1.29 is 18.4 Å². The van der Waals surface area contributed by atoms with Crippen LogP contribution >= 0.6 is 7.60 Å². The van der Waals surface area contributed by atoms with Crippen LogP contribution in [0.1, 0.15) is 24.2 Å². The van der Waals surface area contributed by atoms with Gasteiger partial charge < -0.3 is 14.4 Å². The molecule has 1 aromatic rings. The number of hydrogen-bond donors (Lipinski definition) is 1. The number of carbonyl (C=O) groups is 1. The van der Waals surface area contributed by atoms with Crippen molar-refractivity contribution in [2.24, 2.45) is 0 Å². The smallest absolute Gasteiger partial charge is 0.332 e. The standard InChI is InChI=1S/C13H20NO4P/c1-3-17-19(16,18-4-2)11-10-14-13(15)12-8-6-5-7-9-12/h5-9H,3-4,10-11H2,1-2H3,(H,14,15). The third-order valence-electron chi connectivity index (χ3n) is 2.36. The Morgan fingerprint density at radius 2 is 1.74 bits per heavy atom. The highest BCUT2D eigenvalue weighted by Gasteiger charge is 2.23. The number of benzene rings is 1. The van der Waals surface area contributed by atoms with Crippen LogP contribution in [0.4, 0.5) is 0 Å². The van der Waals surface area contributed by atoms with Crippen molar-refractivity contribution in [2.75, 3.05) is 25.9 Å². The lowest BCUT2D eigenvalue weighted by molar-refractivity contribution is 0.0955. The SMILES string of the molecule is CCOP(=O)(CCNC(=O)c1ccccc1)OCC. The average molecular weight is 285 g/mol. The minimum Gasteiger partial charge on any atom is -0.351 e. The fourth-order valence-corrected chi connectivity index (χ4v) is 3.06. The number of rotatable bonds is 8. The van der Waals surface area contributed by atoms with Crippen LogP contribution < -0.4 is 5.32 Å². The molecule has 0 aliphatic rings. The zero-order valence-corrected chi connectivity index (χ0v) is 12.2. The number of hydrogen-bond acceptors (Lipinski definition) is 4. The van der Waals surface area contributed by atoms with E-state index in [4.69, 9.17) is 9.05 Å². The van der Waals surface area contributed by atoms with Crippen LogP contribution in [0, 0.1) is 0 Å². The lowest BCUT2D eigenvalue weighted by atomic mass is 10.2. The topological polar surface area (TPSA) is 64.6 Å². The molecule has 0 heterocycles. The minimum absolute atomic E-state index is 0.174. The molecule has 0 bridgehead atoms. The summed E-state index contributed by atoms with van der Waals surface area (Å²) in [6.45, 7) is 4.42. The summed E-state index contributed by atoms with van der Waals surface area (Å²) in [6, 6.07) is 8.87. The van der Waals surface area contributed by atoms with Gasteiger partial charge in [0.1, 0.15) is 0 Å². The summed E-state index contributed by atoms with van der Waals surface area (Å²) in [5.74, 6) is -0.194. The van der Waals surface area contributed by atoms with Gasteiger partial charge in [0.2, 0.25) is 0 Å². The molecule has 0 saturated carbocycles. The van der Waals surface area contributed by atoms with E-state index < -0.39 is 7.60 Å². The molecule has 0 radical (unpaired) electrons. The predicted octanol–water partition coefficient (Wildman–Crippen LogP) is 2.68. The van der Waals surface area contributed by atoms with Gasteiger partial charge in [0.05, 0.1) is 19.4 Å². The molecule has 0 spiro atoms. The lowest BCUT2D eigenvalue weighted by Gasteiger charge is -2.17. The molecule has 1 N–H and O–H groups in total. The van der Waals surface area contributed by atoms with E-state index in [1.807, 2.05) is 6.07 Å². The van der Waals surface area contributed by atoms with Crippen molar-refractivity contribution >= 4 is 13.5 Å². The van der Waals surface area contributed by atoms with Gasteiger partial charge in [-0.2, -0.15) is 0 Å². The van der Waals surface area contributed by atoms with Gasteiger partial charge in [-0.3, -0.25) is 9.36 Å². The zero-order valence-electron chi connectivity index (χ0n) is 11.3. The van der Waals surface area contributed by atoms with Crippen LogP contribution in [-0.2, 0) is 13.6 Å². The molecule has 1 rings (SSSR count). The summed E-state index contributed by atoms with van der Waals surface area (Å²) in [5, 5.41) is 2.70. The highest BCUT2D eigenvalue weighted by molar-refractivity contribution is 7.53. The maximum absolute atomic E-state index is 12.1. The van der Waals surface area contributed by atoms with E-state index in [0.29, 0.717) is 18.8 Å². The first-order valence-electron chi connectivity index (χ1n) is 6.32. The predicted molar refractivity (Wildman–Crippen MR) is 74.5 cm³/mol. The normalized spacial score (nSPS) is 11.3. The van der Waals surface area contributed by atoms with Crippen LogP contribution in [-0.4, -0.2) is 31.8 Å². The Morgan fingerprint density at radius 1 is 1.16 bits per heavy atom. The molecule has 1 aromatic carbocycles. The van der Waals surface area contributed by atoms with Gasteiger partial charge in [0, 0.05) is 12.1 Å². The van der Waals surface area contributed by atoms with Crippen molar-refractivity contribution in [1.29, 1.82) is 0 Å². The Balaban J connectivity index is 2.44. The van der Waals surface area contributed by atoms with E-state index in [2.05, 4.69) is 5.32 Å². The molecule has 0 aliphatic carbocycles. The largest absolute Gasteiger partial charge is 0.351 e. The van der Waals surface area contributed by atoms with E-state index >= 15 is 0 Å². The third-order valence-corrected chi connectivity index (χ3v) is 4.43. The quantitative estimate of drug-likeness (QED) is 0.746. The Bertz CT molecular complexity index is 426. The van der Waals surface area contributed by atoms with E-state index in [9.17, 15) is 9.36 Å². The average Bonchev–Trinajstić information content (AvgIpc) is 2.40. The van der Waals surface area contributed by atoms with Crippen LogP contribution in [0.3, 0.4) is 0 Å². The highest BCUT2D eigenvalue weighted by Crippen LogP contribution is 2.47. The first-order valence-corrected chi connectivity index (χ1v) is 8.05. The Hall–Kier alpha value is -1.16. The molecule has 0 atom stereocenters. The van der Waals surface area contributed by atoms with Gasteiger partial charge in [-0.05, 0) is 26.0 Å². The van der Waals surface area contributed by atoms with Crippen molar-refractivity contribution in [2.45, 2.75) is 13.8 Å². The third kappa shape index (κ3) is 5.55. The van der Waals surface area contributed by atoms with Crippen molar-refractivity contribution in [3.05, 3.63) is 35.9 Å². The lowest BCUT2D eigenvalue weighted by Crippen LogP contribution is -2.26. The first-order chi connectivity index (χ1) is 9.11. The van der Waals surface area contributed by atoms with E-state index in [1.165, 1.54) is 0 Å². The van der Waals surface area contributed by atoms with Crippen LogP contribution in [0.2, 0.25) is 0 Å². The summed E-state index contributed by atoms with van der Waals surface area (Å²) in [7, 11) is -3.08. The van der Waals surface area contributed by atoms with Gasteiger partial charge in [-0.1, -0.05) is 18.2 Å². The summed E-state index contributed by atoms with van der Waals surface area (Å²) in [4.78, 5) is 11.8. The second-order valence-corrected chi connectivity index (χ2v) is 5.98. The fraction of sp³-hybridized carbons (Fsp3) is 0.462. The Morgan fingerprint density at radius 3 is 2.26 bits per heavy atom. The molecule has 0 unspecified atom stereocenters. The van der Waals surface area contributed by atoms with Gasteiger partial charge in [0.25, 0.3) is 5.91 Å². The molecule has 6 heteroatoms. The van der Waals surface area contributed by atoms with Crippen LogP contribution in [0.25, 0.3) is 0 Å². The van der Waals surface area contributed by atoms with Gasteiger partial charge >= 0.3 is 7.60 Å². The minimum atomic E-state index is -3.08. The summed E-state index contributed by atoms with van der Waals surface area (Å²) in [6.07, 6.45) is 0.174. The second kappa shape index (κ2) is 8.10. The molecular formula is C13H20NO4P. The summed E-state index contributed by atoms with van der Waals surface area (Å²) < 4.78 is 22.4. The van der Waals surface area contributed by atoms with Crippen molar-refractivity contribution in [1.82, 2.24) is 5.32 Å². The second-order valence-electron chi connectivity index (χ2n) is 3.79. The fourth-order valence-electron chi connectivity index (χ4n) is 1.56. The highest BCUT2D eigenvalue weighted by atomic mass is 31.2. The van der Waals surface area contributed by atoms with E-state index in [1.54, 1.807) is 38.1 Å². The summed E-state index contributed by atoms with van der Waals surface area (Å²) >= 11 is 0. The molecule has 0 saturated heterocycles. The van der Waals surface area contributed by atoms with Crippen LogP contribution in [0.5, 0.6) is 0 Å². The number of carbonyl (C=O) groups excluding carboxylic acids is 1. The van der Waals surface area contributed by atoms with E-state index in [-0.39, 0.29) is 18.6 Å². The van der Waals surface area contributed by atoms with Gasteiger partial charge in [0.15, 0.2) is 0 Å². The molecule has 1 amide bonds. The Kier molecular flexibility index (Phi) is 6.78. The summed E-state index contributed by atoms with van der Waals surface area (Å²) in [5.41, 5.74) is 0.574. The number of amides is 1. The van der Waals surface area contributed by atoms with Crippen molar-refractivity contribution in [3.63, 3.8) is 0 Å². The maximum Gasteiger partial charge on any atom is 0.332 e. The van der Waals surface area contributed by atoms with Crippen molar-refractivity contribution in [3.8, 4) is 0 Å². The zero-order chi connectivity index (χ0) is 14.1. The maximum atomic E-state index is 12.1. The molecule has 5 nitrogen and oxygen atoms in total. The van der Waals surface area contributed by atoms with Gasteiger partial charge in [-0.25, -0.2) is 0 Å². The molecule has 0 aromatic heterocycles. The Labute approximate surface area is 113 Å². The van der Waals surface area contributed by atoms with Gasteiger partial charge in [-0.15, -0.1) is 0 Å². The molecule has 106 valence electrons. The molecule has 0 aliphatic heterocycles. The monoisotopic (exact) mass is 285 g/mol. The molecule has 0 fully saturated rings. The first kappa shape index (κ1) is 15.9. The van der Waals surface area contributed by atoms with E-state index in [0.717, 1.165) is 0 Å². The molecular weight excluding hydrogens is 265 g/mol. The molecule has 19 heavy (non-hydrogen) atoms. The number of nitrogens with one attached hydrogen (secondary N) is 1. The van der Waals surface area contributed by atoms with Crippen LogP contribution in [0.15, 0.2) is 30.3 Å².